The number of hydrogen-bond acceptors (Lipinski definition) is 1. The van der Waals surface area contributed by atoms with Gasteiger partial charge in [-0.05, 0) is 18.4 Å². The van der Waals surface area contributed by atoms with Gasteiger partial charge in [-0.2, -0.15) is 0 Å². The summed E-state index contributed by atoms with van der Waals surface area (Å²) in [5, 5.41) is 1.15. The van der Waals surface area contributed by atoms with Crippen molar-refractivity contribution in [1.29, 1.82) is 0 Å². The molecule has 0 aromatic heterocycles. The Morgan fingerprint density at radius 2 is 1.50 bits per heavy atom. The smallest absolute Gasteiger partial charge is 0.0650 e. The van der Waals surface area contributed by atoms with Crippen LogP contribution in [0.3, 0.4) is 0 Å². The maximum atomic E-state index is 5.61. The zero-order chi connectivity index (χ0) is 14.3. The molecule has 2 heteroatoms. The van der Waals surface area contributed by atoms with E-state index >= 15 is 0 Å². The lowest BCUT2D eigenvalue weighted by Crippen LogP contribution is -1.94. The maximum absolute atomic E-state index is 5.61. The van der Waals surface area contributed by atoms with Gasteiger partial charge in [-0.3, -0.25) is 0 Å². The normalized spacial score (nSPS) is 11.2. The van der Waals surface area contributed by atoms with Gasteiger partial charge in [0.1, 0.15) is 0 Å². The Morgan fingerprint density at radius 3 is 2.20 bits per heavy atom. The van der Waals surface area contributed by atoms with Gasteiger partial charge in [0.05, 0.1) is 6.61 Å². The van der Waals surface area contributed by atoms with E-state index in [1.807, 2.05) is 6.07 Å². The number of ether oxygens (including phenoxy) is 1. The number of alkyl halides is 1. The van der Waals surface area contributed by atoms with Crippen LogP contribution in [-0.2, 0) is 4.74 Å². The van der Waals surface area contributed by atoms with Crippen molar-refractivity contribution in [2.45, 2.75) is 44.9 Å². The van der Waals surface area contributed by atoms with E-state index in [9.17, 15) is 0 Å². The van der Waals surface area contributed by atoms with Crippen molar-refractivity contribution < 1.29 is 4.74 Å². The van der Waals surface area contributed by atoms with Crippen molar-refractivity contribution in [3.05, 3.63) is 42.0 Å². The first kappa shape index (κ1) is 17.5. The Morgan fingerprint density at radius 1 is 0.850 bits per heavy atom. The van der Waals surface area contributed by atoms with E-state index in [0.29, 0.717) is 0 Å². The number of unbranched alkanes of at least 4 members (excludes halogenated alkanes) is 6. The molecule has 1 aromatic carbocycles. The van der Waals surface area contributed by atoms with Gasteiger partial charge >= 0.3 is 0 Å². The summed E-state index contributed by atoms with van der Waals surface area (Å²) in [6.45, 7) is 1.61. The summed E-state index contributed by atoms with van der Waals surface area (Å²) in [7, 11) is 0. The van der Waals surface area contributed by atoms with Crippen LogP contribution in [-0.4, -0.2) is 18.5 Å². The fourth-order valence-electron chi connectivity index (χ4n) is 2.08. The van der Waals surface area contributed by atoms with Crippen LogP contribution in [0.15, 0.2) is 36.4 Å². The highest BCUT2D eigenvalue weighted by molar-refractivity contribution is 9.09. The van der Waals surface area contributed by atoms with Crippen LogP contribution in [0.2, 0.25) is 0 Å². The van der Waals surface area contributed by atoms with Crippen LogP contribution in [0.1, 0.15) is 50.5 Å². The minimum absolute atomic E-state index is 0.722. The summed E-state index contributed by atoms with van der Waals surface area (Å²) in [4.78, 5) is 0. The van der Waals surface area contributed by atoms with E-state index in [2.05, 4.69) is 52.3 Å². The molecule has 0 atom stereocenters. The lowest BCUT2D eigenvalue weighted by atomic mass is 10.1. The van der Waals surface area contributed by atoms with Crippen molar-refractivity contribution in [2.75, 3.05) is 18.5 Å². The number of halogens is 1. The van der Waals surface area contributed by atoms with Crippen molar-refractivity contribution in [3.8, 4) is 0 Å². The first-order valence-corrected chi connectivity index (χ1v) is 8.91. The van der Waals surface area contributed by atoms with Crippen molar-refractivity contribution >= 4 is 22.0 Å². The Balaban J connectivity index is 1.84. The molecule has 1 nitrogen and oxygen atoms in total. The van der Waals surface area contributed by atoms with Crippen LogP contribution in [0.25, 0.3) is 6.08 Å². The van der Waals surface area contributed by atoms with E-state index in [-0.39, 0.29) is 0 Å². The van der Waals surface area contributed by atoms with Crippen molar-refractivity contribution in [3.63, 3.8) is 0 Å². The molecule has 0 unspecified atom stereocenters. The van der Waals surface area contributed by atoms with Gasteiger partial charge in [0.15, 0.2) is 0 Å². The summed E-state index contributed by atoms with van der Waals surface area (Å²) < 4.78 is 5.61. The van der Waals surface area contributed by atoms with E-state index in [1.54, 1.807) is 0 Å². The van der Waals surface area contributed by atoms with Gasteiger partial charge in [-0.1, -0.05) is 90.5 Å². The van der Waals surface area contributed by atoms with Gasteiger partial charge in [-0.25, -0.2) is 0 Å². The van der Waals surface area contributed by atoms with Crippen LogP contribution in [0, 0.1) is 0 Å². The van der Waals surface area contributed by atoms with E-state index < -0.39 is 0 Å². The predicted octanol–water partition coefficient (Wildman–Crippen LogP) is 5.84. The van der Waals surface area contributed by atoms with E-state index in [0.717, 1.165) is 18.5 Å². The number of hydrogen-bond donors (Lipinski definition) is 0. The molecule has 0 saturated carbocycles. The molecule has 0 aliphatic carbocycles. The molecular formula is C18H27BrO. The largest absolute Gasteiger partial charge is 0.377 e. The zero-order valence-electron chi connectivity index (χ0n) is 12.4. The molecule has 20 heavy (non-hydrogen) atoms. The zero-order valence-corrected chi connectivity index (χ0v) is 14.0. The van der Waals surface area contributed by atoms with Crippen LogP contribution in [0.5, 0.6) is 0 Å². The Kier molecular flexibility index (Phi) is 11.7. The molecule has 0 fully saturated rings. The first-order chi connectivity index (χ1) is 9.93. The standard InChI is InChI=1S/C18H27BrO/c19-15-9-4-2-1-3-5-10-16-20-17-11-14-18-12-7-6-8-13-18/h6-8,11-14H,1-5,9-10,15-17H2/b14-11+. The van der Waals surface area contributed by atoms with Crippen molar-refractivity contribution in [1.82, 2.24) is 0 Å². The molecule has 0 bridgehead atoms. The molecule has 1 aromatic rings. The van der Waals surface area contributed by atoms with Gasteiger partial charge in [0.25, 0.3) is 0 Å². The summed E-state index contributed by atoms with van der Waals surface area (Å²) in [6.07, 6.45) is 13.5. The third kappa shape index (κ3) is 10.2. The predicted molar refractivity (Wildman–Crippen MR) is 92.4 cm³/mol. The average Bonchev–Trinajstić information content (AvgIpc) is 2.49. The Hall–Kier alpha value is -0.600. The molecule has 0 N–H and O–H groups in total. The van der Waals surface area contributed by atoms with Crippen LogP contribution in [0.4, 0.5) is 0 Å². The highest BCUT2D eigenvalue weighted by Crippen LogP contribution is 2.08. The molecule has 0 spiro atoms. The van der Waals surface area contributed by atoms with E-state index in [1.165, 1.54) is 50.5 Å². The van der Waals surface area contributed by atoms with Gasteiger partial charge in [0.2, 0.25) is 0 Å². The minimum Gasteiger partial charge on any atom is -0.377 e. The fourth-order valence-corrected chi connectivity index (χ4v) is 2.48. The summed E-state index contributed by atoms with van der Waals surface area (Å²) in [6, 6.07) is 10.3. The molecule has 1 rings (SSSR count). The van der Waals surface area contributed by atoms with Gasteiger partial charge in [0, 0.05) is 11.9 Å². The second-order valence-corrected chi connectivity index (χ2v) is 5.84. The molecular weight excluding hydrogens is 312 g/mol. The summed E-state index contributed by atoms with van der Waals surface area (Å²) in [5.41, 5.74) is 1.24. The molecule has 0 amide bonds. The average molecular weight is 339 g/mol. The first-order valence-electron chi connectivity index (χ1n) is 7.79. The second-order valence-electron chi connectivity index (χ2n) is 5.05. The maximum Gasteiger partial charge on any atom is 0.0650 e. The molecule has 0 radical (unpaired) electrons. The highest BCUT2D eigenvalue weighted by atomic mass is 79.9. The van der Waals surface area contributed by atoms with Gasteiger partial charge in [-0.15, -0.1) is 0 Å². The summed E-state index contributed by atoms with van der Waals surface area (Å²) >= 11 is 3.47. The Labute approximate surface area is 132 Å². The monoisotopic (exact) mass is 338 g/mol. The molecule has 0 saturated heterocycles. The van der Waals surface area contributed by atoms with Crippen LogP contribution >= 0.6 is 15.9 Å². The minimum atomic E-state index is 0.722. The highest BCUT2D eigenvalue weighted by Gasteiger charge is 1.91. The molecule has 0 heterocycles. The topological polar surface area (TPSA) is 9.23 Å². The molecule has 0 aliphatic rings. The molecule has 112 valence electrons. The summed E-state index contributed by atoms with van der Waals surface area (Å²) in [5.74, 6) is 0. The molecule has 0 aliphatic heterocycles. The van der Waals surface area contributed by atoms with Crippen molar-refractivity contribution in [2.24, 2.45) is 0 Å². The second kappa shape index (κ2) is 13.4. The third-order valence-corrected chi connectivity index (χ3v) is 3.81. The number of rotatable bonds is 12. The van der Waals surface area contributed by atoms with Gasteiger partial charge < -0.3 is 4.74 Å². The van der Waals surface area contributed by atoms with Crippen LogP contribution < -0.4 is 0 Å². The third-order valence-electron chi connectivity index (χ3n) is 3.25. The SMILES string of the molecule is BrCCCCCCCCCOC/C=C/c1ccccc1. The lowest BCUT2D eigenvalue weighted by molar-refractivity contribution is 0.157. The quantitative estimate of drug-likeness (QED) is 0.343. The lowest BCUT2D eigenvalue weighted by Gasteiger charge is -2.02. The number of benzene rings is 1. The fraction of sp³-hybridized carbons (Fsp3) is 0.556. The Bertz CT molecular complexity index is 335. The van der Waals surface area contributed by atoms with E-state index in [4.69, 9.17) is 4.74 Å².